The van der Waals surface area contributed by atoms with Crippen LogP contribution in [0.3, 0.4) is 0 Å². The van der Waals surface area contributed by atoms with E-state index in [1.807, 2.05) is 0 Å². The molecule has 0 fully saturated rings. The van der Waals surface area contributed by atoms with Gasteiger partial charge in [-0.1, -0.05) is 0 Å². The number of fused-ring (bicyclic) bond motifs is 1. The van der Waals surface area contributed by atoms with E-state index in [0.717, 1.165) is 17.7 Å². The summed E-state index contributed by atoms with van der Waals surface area (Å²) in [5, 5.41) is 0. The molecule has 0 bridgehead atoms. The quantitative estimate of drug-likeness (QED) is 0.608. The SMILES string of the molecule is Nc1ncc2c(n1)CCS(=O)C2. The Hall–Kier alpha value is -0.970. The van der Waals surface area contributed by atoms with Gasteiger partial charge in [0.25, 0.3) is 0 Å². The van der Waals surface area contributed by atoms with Crippen LogP contribution >= 0.6 is 0 Å². The first-order valence-corrected chi connectivity index (χ1v) is 5.20. The van der Waals surface area contributed by atoms with Crippen molar-refractivity contribution >= 4 is 16.7 Å². The van der Waals surface area contributed by atoms with E-state index < -0.39 is 10.8 Å². The molecule has 1 atom stereocenters. The number of hydrogen-bond acceptors (Lipinski definition) is 4. The van der Waals surface area contributed by atoms with Gasteiger partial charge in [0, 0.05) is 34.7 Å². The molecule has 0 saturated heterocycles. The summed E-state index contributed by atoms with van der Waals surface area (Å²) >= 11 is 0. The highest BCUT2D eigenvalue weighted by atomic mass is 32.2. The number of anilines is 1. The molecule has 1 aliphatic rings. The summed E-state index contributed by atoms with van der Waals surface area (Å²) < 4.78 is 11.1. The van der Waals surface area contributed by atoms with Crippen LogP contribution in [-0.2, 0) is 23.0 Å². The van der Waals surface area contributed by atoms with Crippen molar-refractivity contribution in [3.05, 3.63) is 17.5 Å². The van der Waals surface area contributed by atoms with Gasteiger partial charge in [0.05, 0.1) is 11.4 Å². The number of rotatable bonds is 0. The van der Waals surface area contributed by atoms with Crippen LogP contribution in [-0.4, -0.2) is 19.9 Å². The molecule has 5 heteroatoms. The fraction of sp³-hybridized carbons (Fsp3) is 0.429. The fourth-order valence-electron chi connectivity index (χ4n) is 1.25. The molecule has 0 amide bonds. The average molecular weight is 183 g/mol. The summed E-state index contributed by atoms with van der Waals surface area (Å²) in [5.74, 6) is 1.58. The van der Waals surface area contributed by atoms with Crippen molar-refractivity contribution in [2.45, 2.75) is 12.2 Å². The normalized spacial score (nSPS) is 21.8. The second-order valence-corrected chi connectivity index (χ2v) is 4.31. The van der Waals surface area contributed by atoms with E-state index in [0.29, 0.717) is 17.5 Å². The van der Waals surface area contributed by atoms with Crippen molar-refractivity contribution in [1.29, 1.82) is 0 Å². The molecule has 0 aromatic carbocycles. The molecule has 0 spiro atoms. The van der Waals surface area contributed by atoms with E-state index in [1.165, 1.54) is 0 Å². The minimum absolute atomic E-state index is 0.307. The number of aromatic nitrogens is 2. The standard InChI is InChI=1S/C7H9N3OS/c8-7-9-3-5-4-12(11)2-1-6(5)10-7/h3H,1-2,4H2,(H2,8,9,10). The van der Waals surface area contributed by atoms with E-state index in [9.17, 15) is 4.21 Å². The third-order valence-electron chi connectivity index (χ3n) is 1.86. The molecule has 2 heterocycles. The molecule has 0 radical (unpaired) electrons. The maximum absolute atomic E-state index is 11.1. The van der Waals surface area contributed by atoms with E-state index in [2.05, 4.69) is 9.97 Å². The highest BCUT2D eigenvalue weighted by molar-refractivity contribution is 7.84. The summed E-state index contributed by atoms with van der Waals surface area (Å²) in [7, 11) is -0.729. The third-order valence-corrected chi connectivity index (χ3v) is 3.15. The molecule has 2 rings (SSSR count). The smallest absolute Gasteiger partial charge is 0.220 e. The molecule has 1 aromatic rings. The number of nitrogens with zero attached hydrogens (tertiary/aromatic N) is 2. The van der Waals surface area contributed by atoms with Gasteiger partial charge in [0.2, 0.25) is 5.95 Å². The number of aryl methyl sites for hydroxylation is 1. The Morgan fingerprint density at radius 1 is 1.58 bits per heavy atom. The largest absolute Gasteiger partial charge is 0.368 e. The summed E-state index contributed by atoms with van der Waals surface area (Å²) in [5.41, 5.74) is 7.36. The van der Waals surface area contributed by atoms with Gasteiger partial charge in [0.15, 0.2) is 0 Å². The van der Waals surface area contributed by atoms with E-state index in [1.54, 1.807) is 6.20 Å². The van der Waals surface area contributed by atoms with E-state index in [4.69, 9.17) is 5.73 Å². The van der Waals surface area contributed by atoms with Gasteiger partial charge in [-0.2, -0.15) is 0 Å². The summed E-state index contributed by atoms with van der Waals surface area (Å²) in [6, 6.07) is 0. The third kappa shape index (κ3) is 1.32. The zero-order valence-corrected chi connectivity index (χ0v) is 7.30. The predicted octanol–water partition coefficient (Wildman–Crippen LogP) is -0.136. The molecule has 64 valence electrons. The first-order chi connectivity index (χ1) is 5.75. The minimum Gasteiger partial charge on any atom is -0.368 e. The van der Waals surface area contributed by atoms with Crippen LogP contribution in [0, 0.1) is 0 Å². The maximum Gasteiger partial charge on any atom is 0.220 e. The number of hydrogen-bond donors (Lipinski definition) is 1. The molecule has 4 nitrogen and oxygen atoms in total. The van der Waals surface area contributed by atoms with Crippen LogP contribution in [0.25, 0.3) is 0 Å². The first kappa shape index (κ1) is 7.67. The molecule has 0 aliphatic carbocycles. The van der Waals surface area contributed by atoms with Crippen LogP contribution in [0.4, 0.5) is 5.95 Å². The molecular weight excluding hydrogens is 174 g/mol. The second kappa shape index (κ2) is 2.82. The Labute approximate surface area is 72.7 Å². The summed E-state index contributed by atoms with van der Waals surface area (Å²) in [4.78, 5) is 7.94. The zero-order valence-electron chi connectivity index (χ0n) is 6.49. The van der Waals surface area contributed by atoms with Gasteiger partial charge >= 0.3 is 0 Å². The number of nitrogens with two attached hydrogens (primary N) is 1. The molecule has 1 aliphatic heterocycles. The Bertz CT molecular complexity index is 339. The van der Waals surface area contributed by atoms with Gasteiger partial charge in [-0.25, -0.2) is 9.97 Å². The highest BCUT2D eigenvalue weighted by Crippen LogP contribution is 2.15. The van der Waals surface area contributed by atoms with Gasteiger partial charge < -0.3 is 5.73 Å². The highest BCUT2D eigenvalue weighted by Gasteiger charge is 2.15. The van der Waals surface area contributed by atoms with Gasteiger partial charge in [-0.3, -0.25) is 4.21 Å². The van der Waals surface area contributed by atoms with Gasteiger partial charge in [-0.05, 0) is 0 Å². The van der Waals surface area contributed by atoms with Crippen molar-refractivity contribution in [1.82, 2.24) is 9.97 Å². The minimum atomic E-state index is -0.729. The number of nitrogen functional groups attached to an aromatic ring is 1. The van der Waals surface area contributed by atoms with E-state index in [-0.39, 0.29) is 0 Å². The van der Waals surface area contributed by atoms with E-state index >= 15 is 0 Å². The Morgan fingerprint density at radius 2 is 2.42 bits per heavy atom. The first-order valence-electron chi connectivity index (χ1n) is 3.71. The second-order valence-electron chi connectivity index (χ2n) is 2.74. The lowest BCUT2D eigenvalue weighted by molar-refractivity contribution is 0.678. The van der Waals surface area contributed by atoms with Crippen LogP contribution < -0.4 is 5.73 Å². The lowest BCUT2D eigenvalue weighted by atomic mass is 10.2. The topological polar surface area (TPSA) is 68.9 Å². The monoisotopic (exact) mass is 183 g/mol. The van der Waals surface area contributed by atoms with Crippen molar-refractivity contribution in [2.75, 3.05) is 11.5 Å². The molecule has 0 saturated carbocycles. The van der Waals surface area contributed by atoms with Gasteiger partial charge in [-0.15, -0.1) is 0 Å². The molecule has 2 N–H and O–H groups in total. The average Bonchev–Trinajstić information content (AvgIpc) is 2.05. The Kier molecular flexibility index (Phi) is 1.80. The van der Waals surface area contributed by atoms with Crippen molar-refractivity contribution in [3.63, 3.8) is 0 Å². The zero-order chi connectivity index (χ0) is 8.55. The molecule has 1 unspecified atom stereocenters. The van der Waals surface area contributed by atoms with Crippen LogP contribution in [0.5, 0.6) is 0 Å². The van der Waals surface area contributed by atoms with Crippen molar-refractivity contribution < 1.29 is 4.21 Å². The fourth-order valence-corrected chi connectivity index (χ4v) is 2.40. The Morgan fingerprint density at radius 3 is 3.25 bits per heavy atom. The predicted molar refractivity (Wildman–Crippen MR) is 46.9 cm³/mol. The van der Waals surface area contributed by atoms with Crippen molar-refractivity contribution in [3.8, 4) is 0 Å². The van der Waals surface area contributed by atoms with Crippen LogP contribution in [0.1, 0.15) is 11.3 Å². The lowest BCUT2D eigenvalue weighted by Gasteiger charge is -2.13. The summed E-state index contributed by atoms with van der Waals surface area (Å²) in [6.45, 7) is 0. The molecule has 1 aromatic heterocycles. The van der Waals surface area contributed by atoms with Crippen molar-refractivity contribution in [2.24, 2.45) is 0 Å². The maximum atomic E-state index is 11.1. The van der Waals surface area contributed by atoms with Crippen LogP contribution in [0.2, 0.25) is 0 Å². The Balaban J connectivity index is 2.43. The lowest BCUT2D eigenvalue weighted by Crippen LogP contribution is -2.16. The summed E-state index contributed by atoms with van der Waals surface area (Å²) in [6.07, 6.45) is 2.43. The molecular formula is C7H9N3OS. The van der Waals surface area contributed by atoms with Crippen LogP contribution in [0.15, 0.2) is 6.20 Å². The van der Waals surface area contributed by atoms with Gasteiger partial charge in [0.1, 0.15) is 0 Å². The molecule has 12 heavy (non-hydrogen) atoms.